The number of hydrogen-bond donors (Lipinski definition) is 4. The number of aryl methyl sites for hydroxylation is 4. The largest absolute Gasteiger partial charge is 0.369 e. The number of nitrogens with two attached hydrogens (primary N) is 3. The molecule has 0 bridgehead atoms. The molecule has 274 valence electrons. The van der Waals surface area contributed by atoms with Crippen LogP contribution < -0.4 is 32.3 Å². The molecule has 0 atom stereocenters. The quantitative estimate of drug-likeness (QED) is 0.302. The Bertz CT molecular complexity index is 1500. The van der Waals surface area contributed by atoms with E-state index in [1.165, 1.54) is 16.7 Å². The first-order chi connectivity index (χ1) is 23.5. The zero-order valence-corrected chi connectivity index (χ0v) is 31.5. The number of rotatable bonds is 4. The summed E-state index contributed by atoms with van der Waals surface area (Å²) < 4.78 is 0. The Balaban J connectivity index is 0.000000188. The summed E-state index contributed by atoms with van der Waals surface area (Å²) in [5.41, 5.74) is 21.0. The van der Waals surface area contributed by atoms with Gasteiger partial charge in [-0.2, -0.15) is 0 Å². The van der Waals surface area contributed by atoms with Gasteiger partial charge < -0.3 is 32.3 Å². The number of pyridine rings is 3. The minimum Gasteiger partial charge on any atom is -0.369 e. The van der Waals surface area contributed by atoms with Crippen LogP contribution in [0.5, 0.6) is 0 Å². The fourth-order valence-electron chi connectivity index (χ4n) is 6.02. The van der Waals surface area contributed by atoms with Gasteiger partial charge in [0.05, 0.1) is 0 Å². The number of hydrogen-bond acceptors (Lipinski definition) is 9. The minimum absolute atomic E-state index is 0.0142. The topological polar surface area (TPSA) is 169 Å². The van der Waals surface area contributed by atoms with Gasteiger partial charge in [-0.15, -0.1) is 0 Å². The fraction of sp³-hybridized carbons (Fsp3) is 0.564. The lowest BCUT2D eigenvalue weighted by Crippen LogP contribution is -2.48. The maximum absolute atomic E-state index is 11.4. The second kappa shape index (κ2) is 18.2. The lowest BCUT2D eigenvalue weighted by Gasteiger charge is -2.37. The number of amides is 2. The molecule has 0 radical (unpaired) electrons. The molecule has 7 N–H and O–H groups in total. The van der Waals surface area contributed by atoms with Gasteiger partial charge in [0.1, 0.15) is 11.6 Å². The third-order valence-electron chi connectivity index (χ3n) is 10.2. The number of carbonyl (C=O) groups is 2. The van der Waals surface area contributed by atoms with E-state index in [-0.39, 0.29) is 28.2 Å². The first-order valence-electron chi connectivity index (χ1n) is 17.9. The second-order valence-electron chi connectivity index (χ2n) is 15.1. The van der Waals surface area contributed by atoms with E-state index >= 15 is 0 Å². The predicted molar refractivity (Wildman–Crippen MR) is 204 cm³/mol. The third-order valence-corrected chi connectivity index (χ3v) is 10.2. The van der Waals surface area contributed by atoms with Gasteiger partial charge >= 0.3 is 0 Å². The Morgan fingerprint density at radius 1 is 0.620 bits per heavy atom. The molecule has 6 rings (SSSR count). The number of nitrogens with zero attached hydrogens (tertiary/aromatic N) is 5. The first kappa shape index (κ1) is 40.3. The van der Waals surface area contributed by atoms with Crippen LogP contribution in [0.2, 0.25) is 0 Å². The second-order valence-corrected chi connectivity index (χ2v) is 15.1. The van der Waals surface area contributed by atoms with Crippen LogP contribution in [0.3, 0.4) is 0 Å². The van der Waals surface area contributed by atoms with Crippen molar-refractivity contribution >= 4 is 23.5 Å². The fourth-order valence-corrected chi connectivity index (χ4v) is 6.02. The number of piperidine rings is 3. The molecule has 11 nitrogen and oxygen atoms in total. The van der Waals surface area contributed by atoms with Crippen molar-refractivity contribution in [3.05, 3.63) is 77.4 Å². The van der Waals surface area contributed by atoms with Gasteiger partial charge in [0.25, 0.3) is 0 Å². The zero-order chi connectivity index (χ0) is 37.0. The van der Waals surface area contributed by atoms with Gasteiger partial charge in [-0.05, 0) is 139 Å². The van der Waals surface area contributed by atoms with Gasteiger partial charge in [-0.1, -0.05) is 13.8 Å². The minimum atomic E-state index is -0.347. The molecule has 50 heavy (non-hydrogen) atoms. The molecule has 2 amide bonds. The molecule has 0 saturated carbocycles. The zero-order valence-electron chi connectivity index (χ0n) is 31.5. The van der Waals surface area contributed by atoms with Gasteiger partial charge in [-0.25, -0.2) is 9.97 Å². The normalized spacial score (nSPS) is 18.9. The highest BCUT2D eigenvalue weighted by Crippen LogP contribution is 2.32. The Labute approximate surface area is 299 Å². The molecule has 3 aromatic rings. The van der Waals surface area contributed by atoms with Crippen LogP contribution in [0.1, 0.15) is 81.7 Å². The van der Waals surface area contributed by atoms with Gasteiger partial charge in [0.15, 0.2) is 0 Å². The average molecular weight is 688 g/mol. The van der Waals surface area contributed by atoms with Crippen LogP contribution in [-0.4, -0.2) is 71.6 Å². The molecule has 3 aliphatic heterocycles. The van der Waals surface area contributed by atoms with Crippen LogP contribution >= 0.6 is 0 Å². The van der Waals surface area contributed by atoms with Crippen molar-refractivity contribution in [2.75, 3.05) is 49.1 Å². The first-order valence-corrected chi connectivity index (χ1v) is 17.9. The van der Waals surface area contributed by atoms with Gasteiger partial charge in [-0.3, -0.25) is 14.6 Å². The summed E-state index contributed by atoms with van der Waals surface area (Å²) >= 11 is 0. The SMILES string of the molecule is CC1(C(N)=O)CCNCC1.Cc1ccnc(C)c1.Cc1ccnc(N2CCC(C)(C(N)=O)CC2)c1.Cc1ccnc(N2CCC(C)(N)CC2)c1. The molecule has 0 spiro atoms. The number of nitrogens with one attached hydrogen (secondary N) is 1. The number of aromatic nitrogens is 3. The van der Waals surface area contributed by atoms with Crippen molar-refractivity contribution in [1.29, 1.82) is 0 Å². The summed E-state index contributed by atoms with van der Waals surface area (Å²) in [5.74, 6) is 1.74. The molecule has 3 aliphatic rings. The maximum Gasteiger partial charge on any atom is 0.223 e. The van der Waals surface area contributed by atoms with Crippen molar-refractivity contribution in [1.82, 2.24) is 20.3 Å². The predicted octanol–water partition coefficient (Wildman–Crippen LogP) is 4.75. The Morgan fingerprint density at radius 3 is 1.34 bits per heavy atom. The van der Waals surface area contributed by atoms with Crippen molar-refractivity contribution in [2.24, 2.45) is 28.0 Å². The molecular weight excluding hydrogens is 626 g/mol. The number of anilines is 2. The third kappa shape index (κ3) is 12.7. The lowest BCUT2D eigenvalue weighted by atomic mass is 9.80. The van der Waals surface area contributed by atoms with E-state index in [1.807, 2.05) is 57.6 Å². The highest BCUT2D eigenvalue weighted by atomic mass is 16.1. The Kier molecular flexibility index (Phi) is 14.7. The average Bonchev–Trinajstić information content (AvgIpc) is 3.06. The van der Waals surface area contributed by atoms with Crippen molar-refractivity contribution in [2.45, 2.75) is 92.5 Å². The summed E-state index contributed by atoms with van der Waals surface area (Å²) in [6, 6.07) is 12.3. The number of primary amides is 2. The highest BCUT2D eigenvalue weighted by molar-refractivity contribution is 5.81. The van der Waals surface area contributed by atoms with Crippen LogP contribution in [0.4, 0.5) is 11.6 Å². The molecule has 3 saturated heterocycles. The van der Waals surface area contributed by atoms with Crippen LogP contribution in [0, 0.1) is 38.5 Å². The molecule has 11 heteroatoms. The van der Waals surface area contributed by atoms with E-state index < -0.39 is 0 Å². The molecule has 6 heterocycles. The Morgan fingerprint density at radius 2 is 1.00 bits per heavy atom. The summed E-state index contributed by atoms with van der Waals surface area (Å²) in [7, 11) is 0. The van der Waals surface area contributed by atoms with Crippen molar-refractivity contribution in [3.63, 3.8) is 0 Å². The molecule has 0 aliphatic carbocycles. The molecule has 3 fully saturated rings. The van der Waals surface area contributed by atoms with E-state index in [4.69, 9.17) is 17.2 Å². The summed E-state index contributed by atoms with van der Waals surface area (Å²) in [5, 5.41) is 3.19. The highest BCUT2D eigenvalue weighted by Gasteiger charge is 2.35. The van der Waals surface area contributed by atoms with Crippen molar-refractivity contribution < 1.29 is 9.59 Å². The molecular formula is C39H61N9O2. The smallest absolute Gasteiger partial charge is 0.223 e. The molecule has 0 aromatic carbocycles. The van der Waals surface area contributed by atoms with E-state index in [0.29, 0.717) is 0 Å². The standard InChI is InChI=1S/C13H19N3O.C12H19N3.C7H14N2O.C7H9N/c1-10-3-6-15-11(9-10)16-7-4-13(2,5-8-16)12(14)17;1-10-3-6-14-11(9-10)15-7-4-12(2,13)5-8-15;1-7(6(8)10)2-4-9-5-3-7;1-6-3-4-8-7(2)5-6/h3,6,9H,4-5,7-8H2,1-2H3,(H2,14,17);3,6,9H,4-5,7-8,13H2,1-2H3;9H,2-5H2,1H3,(H2,8,10);3-5H,1-2H3. The van der Waals surface area contributed by atoms with Crippen LogP contribution in [-0.2, 0) is 9.59 Å². The van der Waals surface area contributed by atoms with E-state index in [1.54, 1.807) is 0 Å². The maximum atomic E-state index is 11.4. The molecule has 0 unspecified atom stereocenters. The Hall–Kier alpha value is -4.09. The van der Waals surface area contributed by atoms with Crippen LogP contribution in [0.25, 0.3) is 0 Å². The lowest BCUT2D eigenvalue weighted by molar-refractivity contribution is -0.128. The van der Waals surface area contributed by atoms with Gasteiger partial charge in [0, 0.05) is 66.8 Å². The number of carbonyl (C=O) groups excluding carboxylic acids is 2. The monoisotopic (exact) mass is 687 g/mol. The summed E-state index contributed by atoms with van der Waals surface area (Å²) in [6.45, 7) is 19.8. The summed E-state index contributed by atoms with van der Waals surface area (Å²) in [6.07, 6.45) is 11.0. The summed E-state index contributed by atoms with van der Waals surface area (Å²) in [4.78, 5) is 39.6. The molecule has 3 aromatic heterocycles. The van der Waals surface area contributed by atoms with Crippen molar-refractivity contribution in [3.8, 4) is 0 Å². The van der Waals surface area contributed by atoms with E-state index in [9.17, 15) is 9.59 Å². The van der Waals surface area contributed by atoms with Crippen LogP contribution in [0.15, 0.2) is 55.0 Å². The van der Waals surface area contributed by atoms with Gasteiger partial charge in [0.2, 0.25) is 11.8 Å². The van der Waals surface area contributed by atoms with E-state index in [0.717, 1.165) is 95.1 Å². The van der Waals surface area contributed by atoms with E-state index in [2.05, 4.69) is 76.0 Å².